The first kappa shape index (κ1) is 9.15. The van der Waals surface area contributed by atoms with Gasteiger partial charge < -0.3 is 0 Å². The number of benzene rings is 3. The molecule has 0 unspecified atom stereocenters. The summed E-state index contributed by atoms with van der Waals surface area (Å²) in [6, 6.07) is 1.22. The molecule has 0 saturated heterocycles. The van der Waals surface area contributed by atoms with Crippen molar-refractivity contribution in [1.29, 1.82) is 5.26 Å². The second-order valence-electron chi connectivity index (χ2n) is 5.19. The Balaban J connectivity index is 2.10. The van der Waals surface area contributed by atoms with E-state index in [9.17, 15) is 9.65 Å². The summed E-state index contributed by atoms with van der Waals surface area (Å²) in [4.78, 5) is 12.6. The van der Waals surface area contributed by atoms with Gasteiger partial charge in [-0.3, -0.25) is 0 Å². The monoisotopic (exact) mass is 361 g/mol. The fraction of sp³-hybridized carbons (Fsp3) is 0. The van der Waals surface area contributed by atoms with E-state index in [2.05, 4.69) is 15.0 Å². The Labute approximate surface area is 168 Å². The van der Waals surface area contributed by atoms with Crippen LogP contribution in [0.5, 0.6) is 0 Å². The number of aromatic nitrogens is 3. The Bertz CT molecular complexity index is 1590. The predicted octanol–water partition coefficient (Wildman–Crippen LogP) is 4.88. The van der Waals surface area contributed by atoms with Crippen LogP contribution in [-0.2, 0) is 0 Å². The van der Waals surface area contributed by atoms with Crippen molar-refractivity contribution in [3.05, 3.63) is 90.0 Å². The number of halogens is 1. The summed E-state index contributed by atoms with van der Waals surface area (Å²) < 4.78 is 86.1. The molecule has 3 aromatic carbocycles. The first-order chi connectivity index (χ1) is 17.0. The Morgan fingerprint density at radius 1 is 0.741 bits per heavy atom. The van der Waals surface area contributed by atoms with Crippen LogP contribution < -0.4 is 0 Å². The van der Waals surface area contributed by atoms with Gasteiger partial charge in [0, 0.05) is 16.7 Å². The highest BCUT2D eigenvalue weighted by molar-refractivity contribution is 5.67. The van der Waals surface area contributed by atoms with E-state index in [1.807, 2.05) is 0 Å². The number of hydrogen-bond acceptors (Lipinski definition) is 4. The molecule has 128 valence electrons. The van der Waals surface area contributed by atoms with Crippen molar-refractivity contribution in [3.63, 3.8) is 0 Å². The molecule has 0 aliphatic heterocycles. The largest absolute Gasteiger partial charge is 0.208 e. The number of nitrogens with zero attached hydrogens (tertiary/aromatic N) is 4. The van der Waals surface area contributed by atoms with Crippen LogP contribution in [0.25, 0.3) is 34.2 Å². The minimum absolute atomic E-state index is 0.131. The molecule has 0 amide bonds. The molecule has 0 fully saturated rings. The Morgan fingerprint density at radius 2 is 1.33 bits per heavy atom. The first-order valence-corrected chi connectivity index (χ1v) is 7.57. The van der Waals surface area contributed by atoms with E-state index < -0.39 is 54.2 Å². The molecule has 27 heavy (non-hydrogen) atoms. The SMILES string of the molecule is [2H]c1cc(-c2nc(-c3ccc(F)c(C#N)c3)nc(-c3c([2H])c([2H])c([2H])c([2H])c3[2H])n2)c([2H])c([2H])c1[2H]. The van der Waals surface area contributed by atoms with Gasteiger partial charge in [-0.05, 0) is 18.2 Å². The van der Waals surface area contributed by atoms with Crippen molar-refractivity contribution in [1.82, 2.24) is 15.0 Å². The van der Waals surface area contributed by atoms with Crippen LogP contribution in [0.4, 0.5) is 4.39 Å². The van der Waals surface area contributed by atoms with Gasteiger partial charge in [0.25, 0.3) is 0 Å². The molecule has 0 spiro atoms. The lowest BCUT2D eigenvalue weighted by Gasteiger charge is -2.08. The fourth-order valence-corrected chi connectivity index (χ4v) is 2.25. The third kappa shape index (κ3) is 3.42. The number of hydrogen-bond donors (Lipinski definition) is 0. The highest BCUT2D eigenvalue weighted by atomic mass is 19.1. The normalized spacial score (nSPS) is 15.0. The molecule has 0 bridgehead atoms. The summed E-state index contributed by atoms with van der Waals surface area (Å²) >= 11 is 0. The van der Waals surface area contributed by atoms with Gasteiger partial charge in [0.05, 0.1) is 17.9 Å². The average molecular weight is 361 g/mol. The van der Waals surface area contributed by atoms with Gasteiger partial charge in [-0.15, -0.1) is 0 Å². The van der Waals surface area contributed by atoms with E-state index in [-0.39, 0.29) is 45.8 Å². The van der Waals surface area contributed by atoms with Gasteiger partial charge in [-0.2, -0.15) is 5.26 Å². The molecular formula is C22H13FN4. The molecule has 1 aromatic heterocycles. The smallest absolute Gasteiger partial charge is 0.164 e. The van der Waals surface area contributed by atoms with Crippen LogP contribution in [0.1, 0.15) is 17.9 Å². The van der Waals surface area contributed by atoms with Crippen LogP contribution in [0.15, 0.2) is 78.6 Å². The summed E-state index contributed by atoms with van der Waals surface area (Å²) in [5.74, 6) is -1.62. The molecule has 4 nitrogen and oxygen atoms in total. The van der Waals surface area contributed by atoms with E-state index in [1.165, 1.54) is 6.07 Å². The Kier molecular flexibility index (Phi) is 2.42. The maximum absolute atomic E-state index is 13.9. The minimum atomic E-state index is -0.793. The quantitative estimate of drug-likeness (QED) is 0.521. The summed E-state index contributed by atoms with van der Waals surface area (Å²) in [5.41, 5.74) is -0.693. The second kappa shape index (κ2) is 7.14. The maximum atomic E-state index is 13.9. The lowest BCUT2D eigenvalue weighted by molar-refractivity contribution is 0.624. The molecule has 0 aliphatic carbocycles. The molecule has 0 atom stereocenters. The van der Waals surface area contributed by atoms with E-state index in [4.69, 9.17) is 12.3 Å². The van der Waals surface area contributed by atoms with Crippen molar-refractivity contribution in [2.24, 2.45) is 0 Å². The van der Waals surface area contributed by atoms with Crippen molar-refractivity contribution in [2.45, 2.75) is 0 Å². The predicted molar refractivity (Wildman–Crippen MR) is 101 cm³/mol. The maximum Gasteiger partial charge on any atom is 0.164 e. The summed E-state index contributed by atoms with van der Waals surface area (Å²) in [6.07, 6.45) is 0. The summed E-state index contributed by atoms with van der Waals surface area (Å²) in [5, 5.41) is 9.20. The van der Waals surface area contributed by atoms with Crippen LogP contribution in [0.2, 0.25) is 0 Å². The Hall–Kier alpha value is -3.91. The lowest BCUT2D eigenvalue weighted by atomic mass is 10.1. The standard InChI is InChI=1S/C22H13FN4/c23-19-12-11-17(13-18(19)14-24)22-26-20(15-7-3-1-4-8-15)25-21(27-22)16-9-5-2-6-10-16/h1-13H/i1D,2D,3D,4D,5D,6D,7D,8D,9D. The van der Waals surface area contributed by atoms with Gasteiger partial charge >= 0.3 is 0 Å². The van der Waals surface area contributed by atoms with Crippen molar-refractivity contribution < 1.29 is 16.7 Å². The number of rotatable bonds is 3. The van der Waals surface area contributed by atoms with Gasteiger partial charge in [0.1, 0.15) is 11.9 Å². The topological polar surface area (TPSA) is 62.5 Å². The molecule has 0 aliphatic rings. The third-order valence-corrected chi connectivity index (χ3v) is 3.49. The van der Waals surface area contributed by atoms with Gasteiger partial charge in [0.15, 0.2) is 17.5 Å². The van der Waals surface area contributed by atoms with Crippen molar-refractivity contribution in [2.75, 3.05) is 0 Å². The highest BCUT2D eigenvalue weighted by Gasteiger charge is 2.13. The van der Waals surface area contributed by atoms with E-state index >= 15 is 0 Å². The molecule has 0 radical (unpaired) electrons. The summed E-state index contributed by atoms with van der Waals surface area (Å²) in [7, 11) is 0. The average Bonchev–Trinajstić information content (AvgIpc) is 2.87. The molecule has 4 rings (SSSR count). The molecule has 4 aromatic rings. The zero-order valence-corrected chi connectivity index (χ0v) is 13.5. The molecule has 5 heteroatoms. The van der Waals surface area contributed by atoms with Crippen LogP contribution >= 0.6 is 0 Å². The number of nitriles is 1. The van der Waals surface area contributed by atoms with Gasteiger partial charge in [0.2, 0.25) is 0 Å². The van der Waals surface area contributed by atoms with Crippen molar-refractivity contribution >= 4 is 0 Å². The van der Waals surface area contributed by atoms with Crippen LogP contribution in [0.3, 0.4) is 0 Å². The van der Waals surface area contributed by atoms with Gasteiger partial charge in [-0.25, -0.2) is 19.3 Å². The van der Waals surface area contributed by atoms with E-state index in [1.54, 1.807) is 6.07 Å². The molecule has 0 N–H and O–H groups in total. The fourth-order valence-electron chi connectivity index (χ4n) is 2.25. The second-order valence-corrected chi connectivity index (χ2v) is 5.19. The van der Waals surface area contributed by atoms with Crippen molar-refractivity contribution in [3.8, 4) is 40.2 Å². The highest BCUT2D eigenvalue weighted by Crippen LogP contribution is 2.25. The van der Waals surface area contributed by atoms with Gasteiger partial charge in [-0.1, -0.05) is 60.4 Å². The van der Waals surface area contributed by atoms with Crippen LogP contribution in [-0.4, -0.2) is 15.0 Å². The zero-order chi connectivity index (χ0) is 26.5. The molecule has 1 heterocycles. The van der Waals surface area contributed by atoms with E-state index in [0.717, 1.165) is 18.2 Å². The van der Waals surface area contributed by atoms with E-state index in [0.29, 0.717) is 0 Å². The third-order valence-electron chi connectivity index (χ3n) is 3.49. The molecular weight excluding hydrogens is 339 g/mol. The van der Waals surface area contributed by atoms with Crippen LogP contribution in [0, 0.1) is 17.1 Å². The Morgan fingerprint density at radius 3 is 2.04 bits per heavy atom. The molecule has 0 saturated carbocycles. The lowest BCUT2D eigenvalue weighted by Crippen LogP contribution is -2.00. The minimum Gasteiger partial charge on any atom is -0.208 e. The first-order valence-electron chi connectivity index (χ1n) is 12.1. The summed E-state index contributed by atoms with van der Waals surface area (Å²) in [6.45, 7) is 0. The zero-order valence-electron chi connectivity index (χ0n) is 22.5.